The molecule has 1 fully saturated rings. The van der Waals surface area contributed by atoms with Gasteiger partial charge in [-0.15, -0.1) is 23.2 Å². The molecule has 0 spiro atoms. The van der Waals surface area contributed by atoms with Crippen LogP contribution in [0.2, 0.25) is 0 Å². The molecule has 1 aliphatic rings. The zero-order valence-electron chi connectivity index (χ0n) is 10.3. The summed E-state index contributed by atoms with van der Waals surface area (Å²) in [6, 6.07) is 0.209. The molecule has 0 bridgehead atoms. The number of carbonyl (C=O) groups excluding carboxylic acids is 1. The lowest BCUT2D eigenvalue weighted by atomic mass is 10.1. The third-order valence-electron chi connectivity index (χ3n) is 3.38. The van der Waals surface area contributed by atoms with Gasteiger partial charge in [0.05, 0.1) is 5.41 Å². The summed E-state index contributed by atoms with van der Waals surface area (Å²) in [4.78, 5) is 11.9. The molecule has 0 unspecified atom stereocenters. The number of carbonyl (C=O) groups is 1. The second kappa shape index (κ2) is 5.14. The molecule has 1 aliphatic carbocycles. The van der Waals surface area contributed by atoms with Crippen molar-refractivity contribution in [1.29, 1.82) is 0 Å². The van der Waals surface area contributed by atoms with Crippen LogP contribution in [-0.2, 0) is 4.79 Å². The fourth-order valence-electron chi connectivity index (χ4n) is 1.80. The maximum atomic E-state index is 11.9. The van der Waals surface area contributed by atoms with Gasteiger partial charge in [-0.25, -0.2) is 0 Å². The summed E-state index contributed by atoms with van der Waals surface area (Å²) in [6.07, 6.45) is 5.14. The minimum atomic E-state index is -0.861. The van der Waals surface area contributed by atoms with Crippen LogP contribution in [-0.4, -0.2) is 16.3 Å². The van der Waals surface area contributed by atoms with Gasteiger partial charge in [-0.2, -0.15) is 0 Å². The van der Waals surface area contributed by atoms with Gasteiger partial charge >= 0.3 is 0 Å². The second-order valence-electron chi connectivity index (χ2n) is 5.08. The Balaban J connectivity index is 2.30. The van der Waals surface area contributed by atoms with E-state index in [0.717, 1.165) is 12.8 Å². The molecule has 0 aromatic rings. The highest BCUT2D eigenvalue weighted by Gasteiger charge is 2.67. The van der Waals surface area contributed by atoms with Gasteiger partial charge in [0, 0.05) is 6.04 Å². The van der Waals surface area contributed by atoms with Crippen LogP contribution in [0.15, 0.2) is 0 Å². The third-order valence-corrected chi connectivity index (χ3v) is 4.48. The van der Waals surface area contributed by atoms with Crippen molar-refractivity contribution in [3.63, 3.8) is 0 Å². The van der Waals surface area contributed by atoms with E-state index in [-0.39, 0.29) is 11.9 Å². The zero-order chi connectivity index (χ0) is 12.4. The molecule has 1 amide bonds. The summed E-state index contributed by atoms with van der Waals surface area (Å²) in [7, 11) is 0. The minimum Gasteiger partial charge on any atom is -0.353 e. The van der Waals surface area contributed by atoms with Gasteiger partial charge < -0.3 is 5.32 Å². The first-order chi connectivity index (χ1) is 7.33. The molecular formula is C12H21Cl2NO. The Morgan fingerprint density at radius 3 is 2.44 bits per heavy atom. The zero-order valence-corrected chi connectivity index (χ0v) is 11.8. The molecule has 0 heterocycles. The summed E-state index contributed by atoms with van der Waals surface area (Å²) in [6.45, 7) is 6.02. The van der Waals surface area contributed by atoms with Gasteiger partial charge in [-0.3, -0.25) is 4.79 Å². The molecule has 2 atom stereocenters. The molecule has 0 aromatic heterocycles. The van der Waals surface area contributed by atoms with E-state index in [9.17, 15) is 4.79 Å². The number of hydrogen-bond donors (Lipinski definition) is 1. The standard InChI is InChI=1S/C12H21Cl2NO/c1-4-5-6-7-9(2)15-10(16)11(3)8-12(11,13)14/h9H,4-8H2,1-3H3,(H,15,16)/t9-,11-/m0/s1. The van der Waals surface area contributed by atoms with E-state index in [2.05, 4.69) is 12.2 Å². The summed E-state index contributed by atoms with van der Waals surface area (Å²) in [5.41, 5.74) is -0.588. The summed E-state index contributed by atoms with van der Waals surface area (Å²) in [5, 5.41) is 2.99. The highest BCUT2D eigenvalue weighted by Crippen LogP contribution is 2.63. The van der Waals surface area contributed by atoms with Gasteiger partial charge in [0.15, 0.2) is 0 Å². The topological polar surface area (TPSA) is 29.1 Å². The molecule has 0 saturated heterocycles. The van der Waals surface area contributed by atoms with Crippen LogP contribution in [0.1, 0.15) is 52.9 Å². The van der Waals surface area contributed by atoms with Crippen molar-refractivity contribution < 1.29 is 4.79 Å². The largest absolute Gasteiger partial charge is 0.353 e. The molecule has 1 saturated carbocycles. The van der Waals surface area contributed by atoms with E-state index in [0.29, 0.717) is 6.42 Å². The Kier molecular flexibility index (Phi) is 4.53. The SMILES string of the molecule is CCCCC[C@H](C)NC(=O)[C@]1(C)CC1(Cl)Cl. The van der Waals surface area contributed by atoms with Crippen LogP contribution in [0.3, 0.4) is 0 Å². The Hall–Kier alpha value is 0.0500. The fraction of sp³-hybridized carbons (Fsp3) is 0.917. The quantitative estimate of drug-likeness (QED) is 0.577. The lowest BCUT2D eigenvalue weighted by molar-refractivity contribution is -0.126. The first kappa shape index (κ1) is 14.1. The number of halogens is 2. The van der Waals surface area contributed by atoms with Crippen molar-refractivity contribution in [2.45, 2.75) is 63.3 Å². The average Bonchev–Trinajstić information content (AvgIpc) is 2.68. The van der Waals surface area contributed by atoms with Crippen molar-refractivity contribution in [2.75, 3.05) is 0 Å². The van der Waals surface area contributed by atoms with Crippen LogP contribution in [0.4, 0.5) is 0 Å². The van der Waals surface area contributed by atoms with Gasteiger partial charge in [-0.1, -0.05) is 26.2 Å². The number of nitrogens with one attached hydrogen (secondary N) is 1. The first-order valence-electron chi connectivity index (χ1n) is 6.02. The second-order valence-corrected chi connectivity index (χ2v) is 6.57. The van der Waals surface area contributed by atoms with Crippen molar-refractivity contribution in [3.05, 3.63) is 0 Å². The van der Waals surface area contributed by atoms with Crippen molar-refractivity contribution in [2.24, 2.45) is 5.41 Å². The molecule has 1 N–H and O–H groups in total. The van der Waals surface area contributed by atoms with E-state index in [4.69, 9.17) is 23.2 Å². The van der Waals surface area contributed by atoms with Crippen molar-refractivity contribution in [3.8, 4) is 0 Å². The summed E-state index contributed by atoms with van der Waals surface area (Å²) in [5.74, 6) is -0.0125. The smallest absolute Gasteiger partial charge is 0.229 e. The number of unbranched alkanes of at least 4 members (excludes halogenated alkanes) is 2. The van der Waals surface area contributed by atoms with Gasteiger partial charge in [0.25, 0.3) is 0 Å². The predicted molar refractivity (Wildman–Crippen MR) is 68.9 cm³/mol. The number of rotatable bonds is 6. The Labute approximate surface area is 108 Å². The van der Waals surface area contributed by atoms with E-state index < -0.39 is 9.75 Å². The van der Waals surface area contributed by atoms with Crippen LogP contribution in [0.5, 0.6) is 0 Å². The highest BCUT2D eigenvalue weighted by atomic mass is 35.5. The van der Waals surface area contributed by atoms with Crippen LogP contribution < -0.4 is 5.32 Å². The van der Waals surface area contributed by atoms with Gasteiger partial charge in [0.2, 0.25) is 5.91 Å². The van der Waals surface area contributed by atoms with Gasteiger partial charge in [-0.05, 0) is 26.7 Å². The Bertz CT molecular complexity index is 268. The van der Waals surface area contributed by atoms with E-state index in [1.807, 2.05) is 13.8 Å². The van der Waals surface area contributed by atoms with Crippen molar-refractivity contribution in [1.82, 2.24) is 5.32 Å². The number of alkyl halides is 2. The molecular weight excluding hydrogens is 245 g/mol. The minimum absolute atomic E-state index is 0.0125. The molecule has 0 aliphatic heterocycles. The Morgan fingerprint density at radius 1 is 1.44 bits per heavy atom. The highest BCUT2D eigenvalue weighted by molar-refractivity contribution is 6.53. The number of hydrogen-bond acceptors (Lipinski definition) is 1. The van der Waals surface area contributed by atoms with E-state index in [1.165, 1.54) is 12.8 Å². The molecule has 2 nitrogen and oxygen atoms in total. The van der Waals surface area contributed by atoms with Crippen molar-refractivity contribution >= 4 is 29.1 Å². The molecule has 0 aromatic carbocycles. The van der Waals surface area contributed by atoms with E-state index >= 15 is 0 Å². The lowest BCUT2D eigenvalue weighted by Gasteiger charge is -2.18. The monoisotopic (exact) mass is 265 g/mol. The molecule has 4 heteroatoms. The maximum absolute atomic E-state index is 11.9. The van der Waals surface area contributed by atoms with Crippen LogP contribution in [0, 0.1) is 5.41 Å². The predicted octanol–water partition coefficient (Wildman–Crippen LogP) is 3.66. The van der Waals surface area contributed by atoms with E-state index in [1.54, 1.807) is 0 Å². The third kappa shape index (κ3) is 3.04. The van der Waals surface area contributed by atoms with Gasteiger partial charge in [0.1, 0.15) is 4.33 Å². The molecule has 0 radical (unpaired) electrons. The van der Waals surface area contributed by atoms with Crippen LogP contribution >= 0.6 is 23.2 Å². The summed E-state index contributed by atoms with van der Waals surface area (Å²) < 4.78 is -0.861. The number of amides is 1. The van der Waals surface area contributed by atoms with Crippen LogP contribution in [0.25, 0.3) is 0 Å². The first-order valence-corrected chi connectivity index (χ1v) is 6.78. The normalized spacial score (nSPS) is 28.6. The molecule has 1 rings (SSSR count). The lowest BCUT2D eigenvalue weighted by Crippen LogP contribution is -2.39. The summed E-state index contributed by atoms with van der Waals surface area (Å²) >= 11 is 11.9. The molecule has 94 valence electrons. The molecule has 16 heavy (non-hydrogen) atoms. The average molecular weight is 266 g/mol. The fourth-order valence-corrected chi connectivity index (χ4v) is 2.51. The Morgan fingerprint density at radius 2 is 2.00 bits per heavy atom. The maximum Gasteiger partial charge on any atom is 0.229 e.